The van der Waals surface area contributed by atoms with Crippen molar-refractivity contribution in [3.05, 3.63) is 44.6 Å². The van der Waals surface area contributed by atoms with Gasteiger partial charge in [-0.05, 0) is 24.6 Å². The van der Waals surface area contributed by atoms with Gasteiger partial charge in [-0.1, -0.05) is 35.3 Å². The summed E-state index contributed by atoms with van der Waals surface area (Å²) < 4.78 is 6.67. The monoisotopic (exact) mass is 341 g/mol. The zero-order valence-corrected chi connectivity index (χ0v) is 13.5. The Morgan fingerprint density at radius 2 is 2.14 bits per heavy atom. The van der Waals surface area contributed by atoms with Crippen LogP contribution in [0.25, 0.3) is 0 Å². The molecule has 0 saturated heterocycles. The molecule has 0 unspecified atom stereocenters. The fraction of sp³-hybridized carbons (Fsp3) is 0.267. The fourth-order valence-corrected chi connectivity index (χ4v) is 3.85. The van der Waals surface area contributed by atoms with Crippen LogP contribution >= 0.6 is 34.5 Å². The molecular formula is C15H13Cl2NO2S. The second kappa shape index (κ2) is 6.26. The van der Waals surface area contributed by atoms with Gasteiger partial charge < -0.3 is 9.64 Å². The first-order valence-corrected chi connectivity index (χ1v) is 8.17. The van der Waals surface area contributed by atoms with E-state index in [0.717, 1.165) is 24.4 Å². The summed E-state index contributed by atoms with van der Waals surface area (Å²) in [5.74, 6) is 0.789. The quantitative estimate of drug-likeness (QED) is 0.768. The number of Topliss-reactive ketones (excluding diaryl/α,β-unsaturated/α-hetero) is 1. The topological polar surface area (TPSA) is 29.5 Å². The Kier molecular flexibility index (Phi) is 4.38. The van der Waals surface area contributed by atoms with Crippen molar-refractivity contribution in [1.29, 1.82) is 0 Å². The highest BCUT2D eigenvalue weighted by atomic mass is 35.5. The molecule has 0 amide bonds. The van der Waals surface area contributed by atoms with Gasteiger partial charge in [-0.2, -0.15) is 0 Å². The highest BCUT2D eigenvalue weighted by Crippen LogP contribution is 2.33. The molecule has 6 heteroatoms. The second-order valence-corrected chi connectivity index (χ2v) is 7.04. The lowest BCUT2D eigenvalue weighted by Crippen LogP contribution is -2.30. The van der Waals surface area contributed by atoms with E-state index in [9.17, 15) is 4.79 Å². The second-order valence-electron chi connectivity index (χ2n) is 4.75. The van der Waals surface area contributed by atoms with Crippen LogP contribution in [0, 0.1) is 0 Å². The van der Waals surface area contributed by atoms with Gasteiger partial charge in [-0.15, -0.1) is 11.3 Å². The Morgan fingerprint density at radius 1 is 1.33 bits per heavy atom. The average Bonchev–Trinajstić information content (AvgIpc) is 2.69. The normalized spacial score (nSPS) is 14.3. The van der Waals surface area contributed by atoms with Crippen LogP contribution in [0.4, 0.5) is 5.69 Å². The molecule has 0 fully saturated rings. The van der Waals surface area contributed by atoms with E-state index >= 15 is 0 Å². The summed E-state index contributed by atoms with van der Waals surface area (Å²) in [5.41, 5.74) is 1.44. The summed E-state index contributed by atoms with van der Waals surface area (Å²) in [4.78, 5) is 14.5. The molecule has 0 N–H and O–H groups in total. The first-order valence-electron chi connectivity index (χ1n) is 6.60. The zero-order valence-electron chi connectivity index (χ0n) is 11.1. The van der Waals surface area contributed by atoms with Crippen LogP contribution in [0.2, 0.25) is 8.67 Å². The summed E-state index contributed by atoms with van der Waals surface area (Å²) in [5, 5.41) is 0. The maximum Gasteiger partial charge on any atom is 0.184 e. The number of hydrogen-bond donors (Lipinski definition) is 0. The van der Waals surface area contributed by atoms with Crippen molar-refractivity contribution >= 4 is 46.0 Å². The molecule has 21 heavy (non-hydrogen) atoms. The number of hydrogen-bond acceptors (Lipinski definition) is 4. The Labute approximate surface area is 137 Å². The molecule has 3 nitrogen and oxygen atoms in total. The van der Waals surface area contributed by atoms with Crippen LogP contribution in [0.1, 0.15) is 16.8 Å². The number of benzene rings is 1. The molecule has 0 atom stereocenters. The molecule has 0 radical (unpaired) electrons. The number of rotatable bonds is 3. The molecule has 110 valence electrons. The number of carbonyl (C=O) groups is 1. The van der Waals surface area contributed by atoms with Crippen molar-refractivity contribution < 1.29 is 9.53 Å². The third-order valence-corrected chi connectivity index (χ3v) is 4.82. The number of ether oxygens (including phenoxy) is 1. The summed E-state index contributed by atoms with van der Waals surface area (Å²) in [6.07, 6.45) is 0.875. The van der Waals surface area contributed by atoms with Crippen molar-refractivity contribution in [2.75, 3.05) is 24.6 Å². The van der Waals surface area contributed by atoms with E-state index in [1.165, 1.54) is 11.3 Å². The molecule has 0 spiro atoms. The number of fused-ring (bicyclic) bond motifs is 1. The predicted octanol–water partition coefficient (Wildman–Crippen LogP) is 4.53. The van der Waals surface area contributed by atoms with Gasteiger partial charge in [0.15, 0.2) is 5.78 Å². The molecule has 1 aliphatic heterocycles. The lowest BCUT2D eigenvalue weighted by molar-refractivity contribution is 0.0999. The van der Waals surface area contributed by atoms with Crippen molar-refractivity contribution in [3.8, 4) is 5.75 Å². The van der Waals surface area contributed by atoms with E-state index < -0.39 is 0 Å². The van der Waals surface area contributed by atoms with Crippen LogP contribution < -0.4 is 9.64 Å². The van der Waals surface area contributed by atoms with Crippen LogP contribution in [0.3, 0.4) is 0 Å². The van der Waals surface area contributed by atoms with Gasteiger partial charge in [0.05, 0.1) is 28.7 Å². The maximum atomic E-state index is 12.5. The van der Waals surface area contributed by atoms with Gasteiger partial charge in [0.2, 0.25) is 0 Å². The van der Waals surface area contributed by atoms with Gasteiger partial charge >= 0.3 is 0 Å². The minimum absolute atomic E-state index is 0.0279. The molecule has 1 aromatic heterocycles. The van der Waals surface area contributed by atoms with E-state index in [-0.39, 0.29) is 12.3 Å². The summed E-state index contributed by atoms with van der Waals surface area (Å²) in [6, 6.07) is 9.40. The van der Waals surface area contributed by atoms with Crippen LogP contribution in [0.5, 0.6) is 5.75 Å². The maximum absolute atomic E-state index is 12.5. The van der Waals surface area contributed by atoms with Gasteiger partial charge in [-0.3, -0.25) is 4.79 Å². The number of thiophene rings is 1. The van der Waals surface area contributed by atoms with Crippen LogP contribution in [-0.4, -0.2) is 25.5 Å². The van der Waals surface area contributed by atoms with E-state index in [1.807, 2.05) is 29.2 Å². The first kappa shape index (κ1) is 14.7. The minimum Gasteiger partial charge on any atom is -0.491 e. The first-order chi connectivity index (χ1) is 10.1. The van der Waals surface area contributed by atoms with Crippen molar-refractivity contribution in [1.82, 2.24) is 0 Å². The Morgan fingerprint density at radius 3 is 2.90 bits per heavy atom. The molecular weight excluding hydrogens is 329 g/mol. The van der Waals surface area contributed by atoms with E-state index in [0.29, 0.717) is 20.8 Å². The highest BCUT2D eigenvalue weighted by molar-refractivity contribution is 7.20. The Hall–Kier alpha value is -1.23. The molecule has 0 saturated carbocycles. The lowest BCUT2D eigenvalue weighted by atomic mass is 10.2. The molecule has 1 aromatic carbocycles. The standard InChI is InChI=1S/C15H13Cl2NO2S/c16-14-8-10(15(17)21-14)12(19)9-18-6-3-7-20-13-5-2-1-4-11(13)18/h1-2,4-5,8H,3,6-7,9H2. The van der Waals surface area contributed by atoms with E-state index in [2.05, 4.69) is 0 Å². The predicted molar refractivity (Wildman–Crippen MR) is 87.4 cm³/mol. The molecule has 2 heterocycles. The van der Waals surface area contributed by atoms with Gasteiger partial charge in [0, 0.05) is 6.54 Å². The fourth-order valence-electron chi connectivity index (χ4n) is 2.35. The number of para-hydroxylation sites is 2. The minimum atomic E-state index is -0.0279. The average molecular weight is 342 g/mol. The SMILES string of the molecule is O=C(CN1CCCOc2ccccc21)c1cc(Cl)sc1Cl. The van der Waals surface area contributed by atoms with Crippen molar-refractivity contribution in [3.63, 3.8) is 0 Å². The van der Waals surface area contributed by atoms with Gasteiger partial charge in [0.25, 0.3) is 0 Å². The van der Waals surface area contributed by atoms with Crippen LogP contribution in [-0.2, 0) is 0 Å². The van der Waals surface area contributed by atoms with Gasteiger partial charge in [-0.25, -0.2) is 0 Å². The summed E-state index contributed by atoms with van der Waals surface area (Å²) in [7, 11) is 0. The van der Waals surface area contributed by atoms with Gasteiger partial charge in [0.1, 0.15) is 10.1 Å². The smallest absolute Gasteiger partial charge is 0.184 e. The number of carbonyl (C=O) groups excluding carboxylic acids is 1. The zero-order chi connectivity index (χ0) is 14.8. The molecule has 2 aromatic rings. The third-order valence-electron chi connectivity index (χ3n) is 3.33. The largest absolute Gasteiger partial charge is 0.491 e. The molecule has 3 rings (SSSR count). The third kappa shape index (κ3) is 3.18. The molecule has 0 bridgehead atoms. The number of halogens is 2. The Balaban J connectivity index is 1.84. The number of nitrogens with zero attached hydrogens (tertiary/aromatic N) is 1. The van der Waals surface area contributed by atoms with Crippen LogP contribution in [0.15, 0.2) is 30.3 Å². The molecule has 0 aliphatic carbocycles. The highest BCUT2D eigenvalue weighted by Gasteiger charge is 2.21. The van der Waals surface area contributed by atoms with Crippen molar-refractivity contribution in [2.24, 2.45) is 0 Å². The lowest BCUT2D eigenvalue weighted by Gasteiger charge is -2.22. The number of anilines is 1. The molecule has 1 aliphatic rings. The van der Waals surface area contributed by atoms with E-state index in [4.69, 9.17) is 27.9 Å². The summed E-state index contributed by atoms with van der Waals surface area (Å²) >= 11 is 13.2. The van der Waals surface area contributed by atoms with E-state index in [1.54, 1.807) is 6.07 Å². The van der Waals surface area contributed by atoms with Crippen molar-refractivity contribution in [2.45, 2.75) is 6.42 Å². The summed E-state index contributed by atoms with van der Waals surface area (Å²) in [6.45, 7) is 1.71. The number of ketones is 1. The Bertz CT molecular complexity index is 671.